The van der Waals surface area contributed by atoms with Crippen LogP contribution in [0.5, 0.6) is 0 Å². The van der Waals surface area contributed by atoms with Crippen LogP contribution in [-0.2, 0) is 15.7 Å². The largest absolute Gasteiger partial charge is 0.465 e. The van der Waals surface area contributed by atoms with Crippen LogP contribution < -0.4 is 5.32 Å². The number of carbonyl (C=O) groups is 2. The maximum Gasteiger partial charge on any atom is 0.350 e. The molecule has 0 radical (unpaired) electrons. The number of rotatable bonds is 6. The first-order valence-electron chi connectivity index (χ1n) is 8.88. The molecule has 0 spiro atoms. The lowest BCUT2D eigenvalue weighted by Crippen LogP contribution is -2.22. The van der Waals surface area contributed by atoms with E-state index in [1.807, 2.05) is 18.4 Å². The first-order chi connectivity index (χ1) is 12.5. The summed E-state index contributed by atoms with van der Waals surface area (Å²) in [6.45, 7) is 1.91. The fraction of sp³-hybridized carbons (Fsp3) is 0.400. The van der Waals surface area contributed by atoms with E-state index in [1.54, 1.807) is 0 Å². The molecule has 2 aromatic rings. The van der Waals surface area contributed by atoms with Gasteiger partial charge in [0, 0.05) is 7.26 Å². The number of aryl methyl sites for hydroxylation is 1. The summed E-state index contributed by atoms with van der Waals surface area (Å²) in [5, 5.41) is 4.89. The van der Waals surface area contributed by atoms with Crippen molar-refractivity contribution in [3.8, 4) is 0 Å². The van der Waals surface area contributed by atoms with E-state index in [-0.39, 0.29) is 5.91 Å². The summed E-state index contributed by atoms with van der Waals surface area (Å²) in [5.41, 5.74) is 2.85. The maximum atomic E-state index is 12.8. The molecule has 4 nitrogen and oxygen atoms in total. The quantitative estimate of drug-likeness (QED) is 0.570. The number of anilines is 1. The molecule has 1 saturated heterocycles. The molecule has 1 aromatic heterocycles. The van der Waals surface area contributed by atoms with Gasteiger partial charge in [0.2, 0.25) is 0 Å². The Hall–Kier alpha value is -1.71. The van der Waals surface area contributed by atoms with Gasteiger partial charge in [0.1, 0.15) is 11.0 Å². The van der Waals surface area contributed by atoms with E-state index in [1.165, 1.54) is 49.2 Å². The van der Waals surface area contributed by atoms with E-state index in [0.717, 1.165) is 11.7 Å². The third-order valence-corrected chi connectivity index (χ3v) is 10.6. The predicted molar refractivity (Wildman–Crippen MR) is 110 cm³/mol. The van der Waals surface area contributed by atoms with Gasteiger partial charge in [-0.05, 0) is 36.3 Å². The van der Waals surface area contributed by atoms with Gasteiger partial charge in [-0.25, -0.2) is 4.79 Å². The van der Waals surface area contributed by atoms with Gasteiger partial charge in [0.15, 0.2) is 0 Å². The van der Waals surface area contributed by atoms with Crippen molar-refractivity contribution in [1.82, 2.24) is 0 Å². The first-order valence-corrected chi connectivity index (χ1v) is 12.3. The van der Waals surface area contributed by atoms with E-state index < -0.39 is 13.2 Å². The number of nitrogens with one attached hydrogen (secondary N) is 1. The Morgan fingerprint density at radius 2 is 1.88 bits per heavy atom. The zero-order valence-electron chi connectivity index (χ0n) is 15.3. The smallest absolute Gasteiger partial charge is 0.350 e. The summed E-state index contributed by atoms with van der Waals surface area (Å²) in [6.07, 6.45) is 6.44. The number of hydrogen-bond donors (Lipinski definition) is 1. The van der Waals surface area contributed by atoms with Crippen LogP contribution >= 0.6 is 18.6 Å². The molecule has 26 heavy (non-hydrogen) atoms. The molecule has 0 bridgehead atoms. The van der Waals surface area contributed by atoms with Crippen LogP contribution in [0.4, 0.5) is 5.69 Å². The molecule has 1 fully saturated rings. The highest BCUT2D eigenvalue weighted by Gasteiger charge is 2.43. The highest BCUT2D eigenvalue weighted by Crippen LogP contribution is 2.65. The average molecular weight is 390 g/mol. The Kier molecular flexibility index (Phi) is 6.10. The average Bonchev–Trinajstić information content (AvgIpc) is 3.23. The van der Waals surface area contributed by atoms with Crippen molar-refractivity contribution < 1.29 is 14.3 Å². The standard InChI is InChI=1S/C20H24NO3PS/c1-15-14-26-19(20(23)24-2)18(15)21-17(22)13-25(10-6-7-11-25)12-16-8-4-3-5-9-16/h3-5,8-9,14H,6-7,10-13H2,1-2H3/p+1. The number of hydrogen-bond acceptors (Lipinski definition) is 4. The summed E-state index contributed by atoms with van der Waals surface area (Å²) in [4.78, 5) is 25.2. The molecule has 0 unspecified atom stereocenters. The van der Waals surface area contributed by atoms with Crippen LogP contribution in [-0.4, -0.2) is 37.5 Å². The van der Waals surface area contributed by atoms with Gasteiger partial charge in [-0.2, -0.15) is 0 Å². The van der Waals surface area contributed by atoms with Crippen LogP contribution in [0.25, 0.3) is 0 Å². The monoisotopic (exact) mass is 390 g/mol. The third kappa shape index (κ3) is 4.33. The van der Waals surface area contributed by atoms with Crippen molar-refractivity contribution in [1.29, 1.82) is 0 Å². The number of methoxy groups -OCH3 is 1. The SMILES string of the molecule is COC(=O)c1scc(C)c1NC(=O)C[P+]1(Cc2ccccc2)CCCC1. The second-order valence-corrected chi connectivity index (χ2v) is 12.1. The lowest BCUT2D eigenvalue weighted by Gasteiger charge is -2.22. The minimum Gasteiger partial charge on any atom is -0.465 e. The third-order valence-electron chi connectivity index (χ3n) is 4.96. The lowest BCUT2D eigenvalue weighted by molar-refractivity contribution is -0.113. The van der Waals surface area contributed by atoms with E-state index in [9.17, 15) is 9.59 Å². The lowest BCUT2D eigenvalue weighted by atomic mass is 10.2. The minimum atomic E-state index is -1.33. The molecule has 1 amide bonds. The van der Waals surface area contributed by atoms with Gasteiger partial charge >= 0.3 is 5.97 Å². The molecule has 0 saturated carbocycles. The molecule has 3 rings (SSSR count). The maximum absolute atomic E-state index is 12.8. The van der Waals surface area contributed by atoms with E-state index >= 15 is 0 Å². The highest BCUT2D eigenvalue weighted by atomic mass is 32.1. The Morgan fingerprint density at radius 1 is 1.19 bits per heavy atom. The predicted octanol–water partition coefficient (Wildman–Crippen LogP) is 4.79. The number of thiophene rings is 1. The molecular formula is C20H25NO3PS+. The fourth-order valence-corrected chi connectivity index (χ4v) is 9.03. The molecular weight excluding hydrogens is 365 g/mol. The van der Waals surface area contributed by atoms with Crippen LogP contribution in [0.2, 0.25) is 0 Å². The van der Waals surface area contributed by atoms with Crippen LogP contribution in [0.15, 0.2) is 35.7 Å². The summed E-state index contributed by atoms with van der Waals surface area (Å²) < 4.78 is 4.83. The molecule has 6 heteroatoms. The number of esters is 1. The summed E-state index contributed by atoms with van der Waals surface area (Å²) >= 11 is 1.32. The zero-order chi connectivity index (χ0) is 18.6. The van der Waals surface area contributed by atoms with Crippen molar-refractivity contribution in [2.24, 2.45) is 0 Å². The molecule has 1 aliphatic rings. The molecule has 138 valence electrons. The van der Waals surface area contributed by atoms with E-state index in [0.29, 0.717) is 16.7 Å². The molecule has 1 aliphatic heterocycles. The van der Waals surface area contributed by atoms with E-state index in [4.69, 9.17) is 4.74 Å². The van der Waals surface area contributed by atoms with Crippen LogP contribution in [0.1, 0.15) is 33.6 Å². The van der Waals surface area contributed by atoms with Crippen LogP contribution in [0.3, 0.4) is 0 Å². The summed E-state index contributed by atoms with van der Waals surface area (Å²) in [7, 11) is 0.0341. The van der Waals surface area contributed by atoms with Gasteiger partial charge in [0.05, 0.1) is 31.3 Å². The number of benzene rings is 1. The normalized spacial score (nSPS) is 15.6. The van der Waals surface area contributed by atoms with Gasteiger partial charge < -0.3 is 10.1 Å². The zero-order valence-corrected chi connectivity index (χ0v) is 17.0. The van der Waals surface area contributed by atoms with Gasteiger partial charge in [-0.15, -0.1) is 11.3 Å². The Balaban J connectivity index is 1.74. The van der Waals surface area contributed by atoms with E-state index in [2.05, 4.69) is 29.6 Å². The van der Waals surface area contributed by atoms with Gasteiger partial charge in [0.25, 0.3) is 5.91 Å². The van der Waals surface area contributed by atoms with Gasteiger partial charge in [-0.1, -0.05) is 30.3 Å². The van der Waals surface area contributed by atoms with Crippen molar-refractivity contribution in [2.45, 2.75) is 25.9 Å². The first kappa shape index (κ1) is 19.1. The minimum absolute atomic E-state index is 0.0304. The molecule has 0 atom stereocenters. The topological polar surface area (TPSA) is 55.4 Å². The molecule has 0 aliphatic carbocycles. The second kappa shape index (κ2) is 8.32. The van der Waals surface area contributed by atoms with Crippen molar-refractivity contribution in [3.63, 3.8) is 0 Å². The Labute approximate surface area is 159 Å². The Morgan fingerprint density at radius 3 is 2.54 bits per heavy atom. The fourth-order valence-electron chi connectivity index (χ4n) is 3.68. The Bertz CT molecular complexity index is 782. The summed E-state index contributed by atoms with van der Waals surface area (Å²) in [5.74, 6) is -0.365. The van der Waals surface area contributed by atoms with Crippen LogP contribution in [0, 0.1) is 6.92 Å². The van der Waals surface area contributed by atoms with Crippen molar-refractivity contribution in [2.75, 3.05) is 30.9 Å². The number of carbonyl (C=O) groups excluding carboxylic acids is 2. The molecule has 1 aromatic carbocycles. The molecule has 1 N–H and O–H groups in total. The number of amides is 1. The van der Waals surface area contributed by atoms with Gasteiger partial charge in [-0.3, -0.25) is 4.79 Å². The second-order valence-electron chi connectivity index (χ2n) is 6.96. The molecule has 2 heterocycles. The van der Waals surface area contributed by atoms with Crippen molar-refractivity contribution >= 4 is 36.2 Å². The van der Waals surface area contributed by atoms with Crippen molar-refractivity contribution in [3.05, 3.63) is 51.7 Å². The number of ether oxygens (including phenoxy) is 1. The highest BCUT2D eigenvalue weighted by molar-refractivity contribution is 7.76. The summed E-state index contributed by atoms with van der Waals surface area (Å²) in [6, 6.07) is 10.5.